The number of carbonyl (C=O) groups is 1. The Hall–Kier alpha value is -2.29. The average Bonchev–Trinajstić information content (AvgIpc) is 2.56. The summed E-state index contributed by atoms with van der Waals surface area (Å²) < 4.78 is 5.74. The molecule has 23 heavy (non-hydrogen) atoms. The van der Waals surface area contributed by atoms with Crippen LogP contribution in [0.2, 0.25) is 0 Å². The van der Waals surface area contributed by atoms with Gasteiger partial charge in [-0.05, 0) is 43.0 Å². The Morgan fingerprint density at radius 3 is 2.04 bits per heavy atom. The Balaban J connectivity index is 1.92. The maximum atomic E-state index is 12.3. The molecule has 0 heterocycles. The lowest BCUT2D eigenvalue weighted by atomic mass is 10.0. The third-order valence-electron chi connectivity index (χ3n) is 3.89. The Bertz CT molecular complexity index is 620. The fraction of sp³-hybridized carbons (Fsp3) is 0.350. The number of amides is 1. The van der Waals surface area contributed by atoms with E-state index in [4.69, 9.17) is 4.74 Å². The number of nitrogens with one attached hydrogen (secondary N) is 1. The van der Waals surface area contributed by atoms with Crippen LogP contribution >= 0.6 is 0 Å². The molecule has 0 aliphatic rings. The van der Waals surface area contributed by atoms with E-state index in [1.54, 1.807) is 6.92 Å². The van der Waals surface area contributed by atoms with Crippen molar-refractivity contribution in [2.75, 3.05) is 0 Å². The fourth-order valence-electron chi connectivity index (χ4n) is 2.34. The van der Waals surface area contributed by atoms with Gasteiger partial charge in [-0.25, -0.2) is 0 Å². The van der Waals surface area contributed by atoms with Crippen molar-refractivity contribution in [3.8, 4) is 5.75 Å². The highest BCUT2D eigenvalue weighted by Gasteiger charge is 2.17. The van der Waals surface area contributed by atoms with Crippen LogP contribution in [0, 0.1) is 0 Å². The summed E-state index contributed by atoms with van der Waals surface area (Å²) in [5.74, 6) is 1.08. The molecule has 0 radical (unpaired) electrons. The van der Waals surface area contributed by atoms with Crippen LogP contribution in [0.3, 0.4) is 0 Å². The summed E-state index contributed by atoms with van der Waals surface area (Å²) in [6.07, 6.45) is -0.536. The highest BCUT2D eigenvalue weighted by atomic mass is 16.5. The number of rotatable bonds is 6. The molecule has 0 bridgehead atoms. The van der Waals surface area contributed by atoms with Crippen molar-refractivity contribution in [1.82, 2.24) is 5.32 Å². The smallest absolute Gasteiger partial charge is 0.261 e. The first-order valence-electron chi connectivity index (χ1n) is 8.09. The van der Waals surface area contributed by atoms with E-state index < -0.39 is 6.10 Å². The van der Waals surface area contributed by atoms with Crippen LogP contribution in [0.25, 0.3) is 0 Å². The topological polar surface area (TPSA) is 38.3 Å². The second-order valence-electron chi connectivity index (χ2n) is 6.12. The molecule has 2 atom stereocenters. The van der Waals surface area contributed by atoms with E-state index in [2.05, 4.69) is 19.2 Å². The standard InChI is InChI=1S/C20H25NO2/c1-14(2)17-10-12-19(13-11-17)23-16(4)20(22)21-15(3)18-8-6-5-7-9-18/h5-16H,1-4H3,(H,21,22)/t15-,16+/m0/s1. The van der Waals surface area contributed by atoms with Gasteiger partial charge < -0.3 is 10.1 Å². The summed E-state index contributed by atoms with van der Waals surface area (Å²) >= 11 is 0. The van der Waals surface area contributed by atoms with Crippen LogP contribution in [0.1, 0.15) is 50.8 Å². The molecule has 0 saturated carbocycles. The Morgan fingerprint density at radius 1 is 0.870 bits per heavy atom. The molecule has 3 heteroatoms. The van der Waals surface area contributed by atoms with Crippen LogP contribution in [-0.2, 0) is 4.79 Å². The number of carbonyl (C=O) groups excluding carboxylic acids is 1. The molecule has 0 aliphatic carbocycles. The van der Waals surface area contributed by atoms with E-state index in [1.807, 2.05) is 61.5 Å². The van der Waals surface area contributed by atoms with Gasteiger partial charge >= 0.3 is 0 Å². The van der Waals surface area contributed by atoms with Crippen LogP contribution in [0.4, 0.5) is 0 Å². The second-order valence-corrected chi connectivity index (χ2v) is 6.12. The maximum Gasteiger partial charge on any atom is 0.261 e. The molecule has 0 saturated heterocycles. The van der Waals surface area contributed by atoms with E-state index in [0.29, 0.717) is 11.7 Å². The van der Waals surface area contributed by atoms with E-state index >= 15 is 0 Å². The Morgan fingerprint density at radius 2 is 1.48 bits per heavy atom. The van der Waals surface area contributed by atoms with Gasteiger partial charge in [-0.3, -0.25) is 4.79 Å². The van der Waals surface area contributed by atoms with Crippen molar-refractivity contribution in [1.29, 1.82) is 0 Å². The minimum Gasteiger partial charge on any atom is -0.481 e. The molecule has 0 spiro atoms. The number of hydrogen-bond donors (Lipinski definition) is 1. The molecular formula is C20H25NO2. The predicted molar refractivity (Wildman–Crippen MR) is 93.6 cm³/mol. The SMILES string of the molecule is CC(C)c1ccc(O[C@H](C)C(=O)N[C@@H](C)c2ccccc2)cc1. The van der Waals surface area contributed by atoms with Crippen LogP contribution in [0.5, 0.6) is 5.75 Å². The minimum atomic E-state index is -0.536. The molecule has 2 aromatic carbocycles. The molecule has 1 amide bonds. The number of benzene rings is 2. The maximum absolute atomic E-state index is 12.3. The lowest BCUT2D eigenvalue weighted by Gasteiger charge is -2.19. The van der Waals surface area contributed by atoms with Crippen molar-refractivity contribution in [3.63, 3.8) is 0 Å². The van der Waals surface area contributed by atoms with Crippen molar-refractivity contribution < 1.29 is 9.53 Å². The summed E-state index contributed by atoms with van der Waals surface area (Å²) in [4.78, 5) is 12.3. The normalized spacial score (nSPS) is 13.4. The lowest BCUT2D eigenvalue weighted by molar-refractivity contribution is -0.127. The molecule has 0 fully saturated rings. The second kappa shape index (κ2) is 7.82. The Labute approximate surface area is 138 Å². The van der Waals surface area contributed by atoms with Crippen molar-refractivity contribution >= 4 is 5.91 Å². The van der Waals surface area contributed by atoms with Gasteiger partial charge in [0.25, 0.3) is 5.91 Å². The average molecular weight is 311 g/mol. The van der Waals surface area contributed by atoms with Crippen molar-refractivity contribution in [2.45, 2.75) is 45.8 Å². The van der Waals surface area contributed by atoms with Crippen LogP contribution in [-0.4, -0.2) is 12.0 Å². The molecule has 0 unspecified atom stereocenters. The quantitative estimate of drug-likeness (QED) is 0.855. The predicted octanol–water partition coefficient (Wildman–Crippen LogP) is 4.45. The third-order valence-corrected chi connectivity index (χ3v) is 3.89. The first kappa shape index (κ1) is 17.1. The number of ether oxygens (including phenoxy) is 1. The number of hydrogen-bond acceptors (Lipinski definition) is 2. The van der Waals surface area contributed by atoms with Crippen LogP contribution in [0.15, 0.2) is 54.6 Å². The molecular weight excluding hydrogens is 286 g/mol. The van der Waals surface area contributed by atoms with E-state index in [-0.39, 0.29) is 11.9 Å². The minimum absolute atomic E-state index is 0.0435. The van der Waals surface area contributed by atoms with Gasteiger partial charge in [0.1, 0.15) is 5.75 Å². The molecule has 1 N–H and O–H groups in total. The van der Waals surface area contributed by atoms with Gasteiger partial charge in [0.15, 0.2) is 6.10 Å². The molecule has 3 nitrogen and oxygen atoms in total. The third kappa shape index (κ3) is 4.85. The highest BCUT2D eigenvalue weighted by Crippen LogP contribution is 2.19. The zero-order chi connectivity index (χ0) is 16.8. The zero-order valence-electron chi connectivity index (χ0n) is 14.2. The first-order chi connectivity index (χ1) is 11.0. The van der Waals surface area contributed by atoms with Crippen molar-refractivity contribution in [2.24, 2.45) is 0 Å². The van der Waals surface area contributed by atoms with Gasteiger partial charge in [0.05, 0.1) is 6.04 Å². The van der Waals surface area contributed by atoms with Gasteiger partial charge in [-0.15, -0.1) is 0 Å². The molecule has 0 aliphatic heterocycles. The molecule has 2 rings (SSSR count). The largest absolute Gasteiger partial charge is 0.481 e. The summed E-state index contributed by atoms with van der Waals surface area (Å²) in [5, 5.41) is 2.98. The lowest BCUT2D eigenvalue weighted by Crippen LogP contribution is -2.37. The van der Waals surface area contributed by atoms with Crippen LogP contribution < -0.4 is 10.1 Å². The van der Waals surface area contributed by atoms with E-state index in [0.717, 1.165) is 5.56 Å². The van der Waals surface area contributed by atoms with Gasteiger partial charge in [-0.1, -0.05) is 56.3 Å². The molecule has 2 aromatic rings. The summed E-state index contributed by atoms with van der Waals surface area (Å²) in [6.45, 7) is 8.04. The first-order valence-corrected chi connectivity index (χ1v) is 8.09. The van der Waals surface area contributed by atoms with E-state index in [9.17, 15) is 4.79 Å². The summed E-state index contributed by atoms with van der Waals surface area (Å²) in [6, 6.07) is 17.8. The summed E-state index contributed by atoms with van der Waals surface area (Å²) in [5.41, 5.74) is 2.33. The van der Waals surface area contributed by atoms with Crippen molar-refractivity contribution in [3.05, 3.63) is 65.7 Å². The molecule has 0 aromatic heterocycles. The van der Waals surface area contributed by atoms with Gasteiger partial charge in [-0.2, -0.15) is 0 Å². The van der Waals surface area contributed by atoms with Gasteiger partial charge in [0.2, 0.25) is 0 Å². The Kier molecular flexibility index (Phi) is 5.80. The zero-order valence-corrected chi connectivity index (χ0v) is 14.2. The fourth-order valence-corrected chi connectivity index (χ4v) is 2.34. The van der Waals surface area contributed by atoms with Gasteiger partial charge in [0, 0.05) is 0 Å². The summed E-state index contributed by atoms with van der Waals surface area (Å²) in [7, 11) is 0. The monoisotopic (exact) mass is 311 g/mol. The highest BCUT2D eigenvalue weighted by molar-refractivity contribution is 5.81. The molecule has 122 valence electrons. The van der Waals surface area contributed by atoms with E-state index in [1.165, 1.54) is 5.56 Å².